The predicted octanol–water partition coefficient (Wildman–Crippen LogP) is 3.59. The lowest BCUT2D eigenvalue weighted by atomic mass is 10.1. The molecule has 0 fully saturated rings. The lowest BCUT2D eigenvalue weighted by molar-refractivity contribution is -0.119. The van der Waals surface area contributed by atoms with Gasteiger partial charge in [-0.05, 0) is 51.5 Å². The maximum atomic E-state index is 12.9. The summed E-state index contributed by atoms with van der Waals surface area (Å²) in [6.07, 6.45) is 1.82. The van der Waals surface area contributed by atoms with Crippen molar-refractivity contribution in [3.8, 4) is 5.75 Å². The van der Waals surface area contributed by atoms with Crippen molar-refractivity contribution < 1.29 is 13.9 Å². The molecule has 0 bridgehead atoms. The van der Waals surface area contributed by atoms with Crippen molar-refractivity contribution in [3.63, 3.8) is 0 Å². The molecule has 7 nitrogen and oxygen atoms in total. The van der Waals surface area contributed by atoms with Crippen LogP contribution in [0.1, 0.15) is 37.6 Å². The number of carbonyl (C=O) groups is 1. The third-order valence-corrected chi connectivity index (χ3v) is 4.57. The number of benzene rings is 1. The monoisotopic (exact) mass is 369 g/mol. The Labute approximate surface area is 157 Å². The fraction of sp³-hybridized carbons (Fsp3) is 0.350. The van der Waals surface area contributed by atoms with Crippen molar-refractivity contribution in [1.29, 1.82) is 0 Å². The zero-order valence-electron chi connectivity index (χ0n) is 15.9. The molecule has 1 N–H and O–H groups in total. The van der Waals surface area contributed by atoms with Crippen LogP contribution in [0.2, 0.25) is 0 Å². The highest BCUT2D eigenvalue weighted by Crippen LogP contribution is 2.22. The lowest BCUT2D eigenvalue weighted by Gasteiger charge is -2.17. The summed E-state index contributed by atoms with van der Waals surface area (Å²) in [5.74, 6) is 1.11. The molecular formula is C20H23N3O4. The predicted molar refractivity (Wildman–Crippen MR) is 103 cm³/mol. The van der Waals surface area contributed by atoms with Crippen molar-refractivity contribution in [3.05, 3.63) is 52.3 Å². The number of amides is 1. The van der Waals surface area contributed by atoms with E-state index in [4.69, 9.17) is 9.15 Å². The molecule has 7 heteroatoms. The van der Waals surface area contributed by atoms with E-state index < -0.39 is 6.04 Å². The highest BCUT2D eigenvalue weighted by atomic mass is 16.5. The minimum atomic E-state index is -0.671. The first-order valence-corrected chi connectivity index (χ1v) is 8.96. The van der Waals surface area contributed by atoms with Gasteiger partial charge >= 0.3 is 0 Å². The Kier molecular flexibility index (Phi) is 5.30. The van der Waals surface area contributed by atoms with Gasteiger partial charge in [0.05, 0.1) is 6.61 Å². The van der Waals surface area contributed by atoms with Gasteiger partial charge in [0.1, 0.15) is 29.3 Å². The first kappa shape index (κ1) is 18.7. The summed E-state index contributed by atoms with van der Waals surface area (Å²) >= 11 is 0. The molecule has 1 atom stereocenters. The summed E-state index contributed by atoms with van der Waals surface area (Å²) in [5, 5.41) is 3.27. The second-order valence-electron chi connectivity index (χ2n) is 6.29. The average Bonchev–Trinajstić information content (AvgIpc) is 2.94. The van der Waals surface area contributed by atoms with E-state index in [1.54, 1.807) is 31.2 Å². The topological polar surface area (TPSA) is 86.4 Å². The van der Waals surface area contributed by atoms with E-state index in [-0.39, 0.29) is 11.5 Å². The molecule has 1 amide bonds. The van der Waals surface area contributed by atoms with Crippen LogP contribution in [-0.4, -0.2) is 22.1 Å². The van der Waals surface area contributed by atoms with Crippen LogP contribution in [0.15, 0.2) is 39.8 Å². The van der Waals surface area contributed by atoms with Crippen LogP contribution < -0.4 is 15.6 Å². The molecule has 0 saturated heterocycles. The number of rotatable bonds is 6. The zero-order valence-corrected chi connectivity index (χ0v) is 15.9. The van der Waals surface area contributed by atoms with Gasteiger partial charge in [0.2, 0.25) is 11.6 Å². The Morgan fingerprint density at radius 3 is 2.59 bits per heavy atom. The molecule has 1 unspecified atom stereocenters. The molecule has 2 heterocycles. The van der Waals surface area contributed by atoms with Crippen LogP contribution in [0.4, 0.5) is 5.69 Å². The van der Waals surface area contributed by atoms with Crippen LogP contribution in [0.25, 0.3) is 11.1 Å². The number of anilines is 1. The molecule has 0 saturated carbocycles. The Morgan fingerprint density at radius 1 is 1.26 bits per heavy atom. The van der Waals surface area contributed by atoms with E-state index >= 15 is 0 Å². The highest BCUT2D eigenvalue weighted by molar-refractivity contribution is 5.94. The minimum Gasteiger partial charge on any atom is -0.494 e. The quantitative estimate of drug-likeness (QED) is 0.717. The van der Waals surface area contributed by atoms with E-state index in [0.717, 1.165) is 11.3 Å². The van der Waals surface area contributed by atoms with Gasteiger partial charge < -0.3 is 14.5 Å². The van der Waals surface area contributed by atoms with Gasteiger partial charge in [-0.25, -0.2) is 4.98 Å². The molecule has 1 aromatic carbocycles. The number of aromatic nitrogens is 2. The van der Waals surface area contributed by atoms with Crippen LogP contribution in [-0.2, 0) is 4.79 Å². The summed E-state index contributed by atoms with van der Waals surface area (Å²) in [6, 6.07) is 6.44. The van der Waals surface area contributed by atoms with Crippen LogP contribution in [0.5, 0.6) is 5.75 Å². The second kappa shape index (κ2) is 7.65. The van der Waals surface area contributed by atoms with Gasteiger partial charge in [-0.3, -0.25) is 14.2 Å². The first-order valence-electron chi connectivity index (χ1n) is 8.96. The van der Waals surface area contributed by atoms with Gasteiger partial charge in [0, 0.05) is 11.3 Å². The normalized spacial score (nSPS) is 12.1. The Hall–Kier alpha value is -3.09. The molecule has 0 aliphatic carbocycles. The number of nitrogens with one attached hydrogen (secondary N) is 1. The van der Waals surface area contributed by atoms with Crippen LogP contribution in [0, 0.1) is 13.8 Å². The van der Waals surface area contributed by atoms with Gasteiger partial charge in [0.15, 0.2) is 0 Å². The van der Waals surface area contributed by atoms with Crippen molar-refractivity contribution in [2.75, 3.05) is 11.9 Å². The van der Waals surface area contributed by atoms with Gasteiger partial charge in [0.25, 0.3) is 5.56 Å². The average molecular weight is 369 g/mol. The van der Waals surface area contributed by atoms with E-state index in [2.05, 4.69) is 10.3 Å². The summed E-state index contributed by atoms with van der Waals surface area (Å²) in [4.78, 5) is 29.9. The largest absolute Gasteiger partial charge is 0.494 e. The number of fused-ring (bicyclic) bond motifs is 1. The first-order chi connectivity index (χ1) is 13.0. The number of ether oxygens (including phenoxy) is 1. The smallest absolute Gasteiger partial charge is 0.265 e. The molecule has 27 heavy (non-hydrogen) atoms. The third-order valence-electron chi connectivity index (χ3n) is 4.57. The third kappa shape index (κ3) is 3.58. The van der Waals surface area contributed by atoms with Crippen molar-refractivity contribution in [2.24, 2.45) is 0 Å². The van der Waals surface area contributed by atoms with E-state index in [0.29, 0.717) is 35.6 Å². The highest BCUT2D eigenvalue weighted by Gasteiger charge is 2.23. The summed E-state index contributed by atoms with van der Waals surface area (Å²) < 4.78 is 12.3. The van der Waals surface area contributed by atoms with Crippen molar-refractivity contribution >= 4 is 22.7 Å². The minimum absolute atomic E-state index is 0.275. The summed E-state index contributed by atoms with van der Waals surface area (Å²) in [5.41, 5.74) is 1.41. The number of nitrogens with zero attached hydrogens (tertiary/aromatic N) is 2. The summed E-state index contributed by atoms with van der Waals surface area (Å²) in [7, 11) is 0. The number of aryl methyl sites for hydroxylation is 2. The molecule has 3 aromatic rings. The van der Waals surface area contributed by atoms with Crippen molar-refractivity contribution in [2.45, 2.75) is 40.2 Å². The number of furan rings is 1. The maximum absolute atomic E-state index is 12.9. The number of hydrogen-bond donors (Lipinski definition) is 1. The summed E-state index contributed by atoms with van der Waals surface area (Å²) in [6.45, 7) is 7.95. The van der Waals surface area contributed by atoms with Crippen LogP contribution in [0.3, 0.4) is 0 Å². The number of hydrogen-bond acceptors (Lipinski definition) is 5. The van der Waals surface area contributed by atoms with E-state index in [1.165, 1.54) is 10.9 Å². The van der Waals surface area contributed by atoms with Gasteiger partial charge in [-0.15, -0.1) is 0 Å². The van der Waals surface area contributed by atoms with Crippen molar-refractivity contribution in [1.82, 2.24) is 9.55 Å². The standard InChI is InChI=1S/C20H23N3O4/c1-5-16(18(24)22-14-7-9-15(10-8-14)26-6-2)23-11-21-19-17(20(23)25)12(3)13(4)27-19/h7-11,16H,5-6H2,1-4H3,(H,22,24). The molecule has 3 rings (SSSR count). The second-order valence-corrected chi connectivity index (χ2v) is 6.29. The van der Waals surface area contributed by atoms with E-state index in [1.807, 2.05) is 20.8 Å². The Bertz CT molecular complexity index is 1020. The molecule has 0 radical (unpaired) electrons. The fourth-order valence-electron chi connectivity index (χ4n) is 3.01. The Morgan fingerprint density at radius 2 is 1.96 bits per heavy atom. The molecule has 0 aliphatic rings. The van der Waals surface area contributed by atoms with E-state index in [9.17, 15) is 9.59 Å². The molecule has 2 aromatic heterocycles. The Balaban J connectivity index is 1.89. The molecule has 0 aliphatic heterocycles. The van der Waals surface area contributed by atoms with Gasteiger partial charge in [-0.1, -0.05) is 6.92 Å². The number of carbonyl (C=O) groups excluding carboxylic acids is 1. The molecule has 142 valence electrons. The molecule has 0 spiro atoms. The molecular weight excluding hydrogens is 346 g/mol. The lowest BCUT2D eigenvalue weighted by Crippen LogP contribution is -2.33. The fourth-order valence-corrected chi connectivity index (χ4v) is 3.01. The van der Waals surface area contributed by atoms with Crippen LogP contribution >= 0.6 is 0 Å². The maximum Gasteiger partial charge on any atom is 0.265 e. The van der Waals surface area contributed by atoms with Gasteiger partial charge in [-0.2, -0.15) is 0 Å². The SMILES string of the molecule is CCOc1ccc(NC(=O)C(CC)n2cnc3oc(C)c(C)c3c2=O)cc1. The zero-order chi connectivity index (χ0) is 19.6.